The number of piperazine rings is 1. The lowest BCUT2D eigenvalue weighted by atomic mass is 9.77. The van der Waals surface area contributed by atoms with E-state index in [4.69, 9.17) is 4.37 Å². The van der Waals surface area contributed by atoms with Gasteiger partial charge in [0.2, 0.25) is 5.91 Å². The number of amides is 1. The van der Waals surface area contributed by atoms with Gasteiger partial charge in [-0.3, -0.25) is 9.69 Å². The van der Waals surface area contributed by atoms with Crippen molar-refractivity contribution in [3.8, 4) is 0 Å². The summed E-state index contributed by atoms with van der Waals surface area (Å²) in [5.41, 5.74) is 2.01. The Bertz CT molecular complexity index is 1070. The second-order valence-electron chi connectivity index (χ2n) is 8.84. The van der Waals surface area contributed by atoms with Gasteiger partial charge in [0.1, 0.15) is 5.82 Å². The second kappa shape index (κ2) is 7.67. The van der Waals surface area contributed by atoms with E-state index in [0.29, 0.717) is 0 Å². The van der Waals surface area contributed by atoms with Crippen LogP contribution in [0.25, 0.3) is 10.1 Å². The second-order valence-corrected chi connectivity index (χ2v) is 9.64. The Labute approximate surface area is 182 Å². The standard InChI is InChI=1S/C24H28N4OS/c1-24(2)20-9-5-3-7-18(20)17-28(23(24)29)16-13-26-11-14-27(15-12-26)22-19-8-4-6-10-21(19)30-25-22/h3-10H,11-17H2,1-2H3. The van der Waals surface area contributed by atoms with Crippen molar-refractivity contribution < 1.29 is 4.79 Å². The number of rotatable bonds is 4. The fourth-order valence-corrected chi connectivity index (χ4v) is 5.58. The van der Waals surface area contributed by atoms with E-state index in [-0.39, 0.29) is 5.91 Å². The highest BCUT2D eigenvalue weighted by Crippen LogP contribution is 2.34. The van der Waals surface area contributed by atoms with Crippen molar-refractivity contribution in [2.75, 3.05) is 44.2 Å². The Kier molecular flexibility index (Phi) is 4.99. The summed E-state index contributed by atoms with van der Waals surface area (Å²) in [4.78, 5) is 20.0. The van der Waals surface area contributed by atoms with Crippen molar-refractivity contribution in [3.63, 3.8) is 0 Å². The van der Waals surface area contributed by atoms with Gasteiger partial charge in [-0.25, -0.2) is 0 Å². The molecule has 0 radical (unpaired) electrons. The highest BCUT2D eigenvalue weighted by molar-refractivity contribution is 7.13. The van der Waals surface area contributed by atoms with Gasteiger partial charge in [0, 0.05) is 51.2 Å². The van der Waals surface area contributed by atoms with Crippen molar-refractivity contribution in [3.05, 3.63) is 59.7 Å². The molecule has 3 heterocycles. The van der Waals surface area contributed by atoms with E-state index in [0.717, 1.165) is 51.6 Å². The van der Waals surface area contributed by atoms with Gasteiger partial charge in [0.25, 0.3) is 0 Å². The molecule has 30 heavy (non-hydrogen) atoms. The van der Waals surface area contributed by atoms with E-state index < -0.39 is 5.41 Å². The summed E-state index contributed by atoms with van der Waals surface area (Å²) in [6.45, 7) is 10.5. The third kappa shape index (κ3) is 3.38. The van der Waals surface area contributed by atoms with Gasteiger partial charge in [-0.15, -0.1) is 0 Å². The molecular formula is C24H28N4OS. The molecule has 2 aliphatic rings. The van der Waals surface area contributed by atoms with Crippen molar-refractivity contribution in [1.29, 1.82) is 0 Å². The van der Waals surface area contributed by atoms with Crippen LogP contribution in [-0.2, 0) is 16.8 Å². The molecule has 0 unspecified atom stereocenters. The van der Waals surface area contributed by atoms with Crippen molar-refractivity contribution in [2.24, 2.45) is 0 Å². The van der Waals surface area contributed by atoms with E-state index in [1.54, 1.807) is 11.5 Å². The minimum atomic E-state index is -0.445. The first-order chi connectivity index (χ1) is 14.5. The number of hydrogen-bond acceptors (Lipinski definition) is 5. The summed E-state index contributed by atoms with van der Waals surface area (Å²) in [5.74, 6) is 1.37. The number of carbonyl (C=O) groups excluding carboxylic acids is 1. The number of carbonyl (C=O) groups is 1. The minimum Gasteiger partial charge on any atom is -0.353 e. The van der Waals surface area contributed by atoms with Crippen LogP contribution in [0.2, 0.25) is 0 Å². The van der Waals surface area contributed by atoms with Crippen LogP contribution in [0, 0.1) is 0 Å². The quantitative estimate of drug-likeness (QED) is 0.645. The summed E-state index contributed by atoms with van der Waals surface area (Å²) in [6.07, 6.45) is 0. The van der Waals surface area contributed by atoms with Gasteiger partial charge in [-0.05, 0) is 48.6 Å². The van der Waals surface area contributed by atoms with Crippen molar-refractivity contribution in [1.82, 2.24) is 14.2 Å². The van der Waals surface area contributed by atoms with Crippen LogP contribution < -0.4 is 4.90 Å². The van der Waals surface area contributed by atoms with E-state index in [9.17, 15) is 4.79 Å². The molecule has 0 spiro atoms. The van der Waals surface area contributed by atoms with Gasteiger partial charge < -0.3 is 9.80 Å². The molecule has 6 heteroatoms. The topological polar surface area (TPSA) is 39.7 Å². The summed E-state index contributed by atoms with van der Waals surface area (Å²) in [5, 5.41) is 1.26. The third-order valence-electron chi connectivity index (χ3n) is 6.59. The van der Waals surface area contributed by atoms with E-state index in [1.807, 2.05) is 11.0 Å². The fourth-order valence-electron chi connectivity index (χ4n) is 4.78. The summed E-state index contributed by atoms with van der Waals surface area (Å²) in [7, 11) is 0. The first kappa shape index (κ1) is 19.5. The van der Waals surface area contributed by atoms with Gasteiger partial charge in [0.05, 0.1) is 10.1 Å². The largest absolute Gasteiger partial charge is 0.353 e. The molecule has 3 aromatic rings. The van der Waals surface area contributed by atoms with Gasteiger partial charge in [-0.2, -0.15) is 4.37 Å². The minimum absolute atomic E-state index is 0.244. The highest BCUT2D eigenvalue weighted by Gasteiger charge is 2.39. The Morgan fingerprint density at radius 1 is 0.967 bits per heavy atom. The summed E-state index contributed by atoms with van der Waals surface area (Å²) in [6, 6.07) is 16.8. The fraction of sp³-hybridized carbons (Fsp3) is 0.417. The van der Waals surface area contributed by atoms with Crippen molar-refractivity contribution >= 4 is 33.3 Å². The van der Waals surface area contributed by atoms with Gasteiger partial charge in [-0.1, -0.05) is 36.4 Å². The molecule has 0 aliphatic carbocycles. The molecule has 5 rings (SSSR count). The van der Waals surface area contributed by atoms with Crippen LogP contribution in [0.1, 0.15) is 25.0 Å². The predicted octanol–water partition coefficient (Wildman–Crippen LogP) is 3.74. The number of anilines is 1. The number of nitrogens with zero attached hydrogens (tertiary/aromatic N) is 4. The lowest BCUT2D eigenvalue weighted by Crippen LogP contribution is -2.52. The maximum absolute atomic E-state index is 13.1. The number of fused-ring (bicyclic) bond motifs is 2. The molecule has 0 saturated carbocycles. The smallest absolute Gasteiger partial charge is 0.233 e. The molecular weight excluding hydrogens is 392 g/mol. The first-order valence-corrected chi connectivity index (χ1v) is 11.5. The number of benzene rings is 2. The molecule has 1 saturated heterocycles. The van der Waals surface area contributed by atoms with Gasteiger partial charge >= 0.3 is 0 Å². The number of aromatic nitrogens is 1. The zero-order chi connectivity index (χ0) is 20.7. The summed E-state index contributed by atoms with van der Waals surface area (Å²) >= 11 is 1.58. The highest BCUT2D eigenvalue weighted by atomic mass is 32.1. The maximum atomic E-state index is 13.1. The van der Waals surface area contributed by atoms with Crippen LogP contribution in [0.4, 0.5) is 5.82 Å². The van der Waals surface area contributed by atoms with E-state index in [2.05, 4.69) is 66.1 Å². The number of hydrogen-bond donors (Lipinski definition) is 0. The Morgan fingerprint density at radius 2 is 1.70 bits per heavy atom. The third-order valence-corrected chi connectivity index (χ3v) is 7.41. The molecule has 156 valence electrons. The lowest BCUT2D eigenvalue weighted by molar-refractivity contribution is -0.138. The average Bonchev–Trinajstić information content (AvgIpc) is 3.20. The summed E-state index contributed by atoms with van der Waals surface area (Å²) < 4.78 is 5.96. The van der Waals surface area contributed by atoms with Crippen LogP contribution in [0.3, 0.4) is 0 Å². The van der Waals surface area contributed by atoms with Crippen LogP contribution >= 0.6 is 11.5 Å². The molecule has 0 atom stereocenters. The Hall–Kier alpha value is -2.44. The van der Waals surface area contributed by atoms with Crippen LogP contribution in [0.5, 0.6) is 0 Å². The molecule has 5 nitrogen and oxygen atoms in total. The van der Waals surface area contributed by atoms with E-state index in [1.165, 1.54) is 21.2 Å². The Balaban J connectivity index is 1.20. The lowest BCUT2D eigenvalue weighted by Gasteiger charge is -2.41. The van der Waals surface area contributed by atoms with E-state index >= 15 is 0 Å². The van der Waals surface area contributed by atoms with Gasteiger partial charge in [0.15, 0.2) is 0 Å². The zero-order valence-corrected chi connectivity index (χ0v) is 18.5. The normalized spacial score (nSPS) is 19.3. The SMILES string of the molecule is CC1(C)C(=O)N(CCN2CCN(c3nsc4ccccc34)CC2)Cc2ccccc21. The van der Waals surface area contributed by atoms with Crippen LogP contribution in [-0.4, -0.2) is 59.3 Å². The molecule has 2 aliphatic heterocycles. The molecule has 2 aromatic carbocycles. The Morgan fingerprint density at radius 3 is 2.53 bits per heavy atom. The molecule has 0 bridgehead atoms. The molecule has 1 amide bonds. The molecule has 1 fully saturated rings. The average molecular weight is 421 g/mol. The monoisotopic (exact) mass is 420 g/mol. The zero-order valence-electron chi connectivity index (χ0n) is 17.7. The first-order valence-electron chi connectivity index (χ1n) is 10.7. The van der Waals surface area contributed by atoms with Crippen molar-refractivity contribution in [2.45, 2.75) is 25.8 Å². The predicted molar refractivity (Wildman–Crippen MR) is 123 cm³/mol. The molecule has 0 N–H and O–H groups in total. The maximum Gasteiger partial charge on any atom is 0.233 e. The van der Waals surface area contributed by atoms with Crippen LogP contribution in [0.15, 0.2) is 48.5 Å². The molecule has 1 aromatic heterocycles.